The molecule has 3 rings (SSSR count). The predicted octanol–water partition coefficient (Wildman–Crippen LogP) is 1.97. The van der Waals surface area contributed by atoms with Gasteiger partial charge in [-0.3, -0.25) is 9.48 Å². The Balaban J connectivity index is 2.36. The van der Waals surface area contributed by atoms with Crippen LogP contribution in [0.4, 0.5) is 0 Å². The predicted molar refractivity (Wildman–Crippen MR) is 60.6 cm³/mol. The summed E-state index contributed by atoms with van der Waals surface area (Å²) in [6, 6.07) is 1.92. The molecule has 1 aliphatic rings. The Morgan fingerprint density at radius 1 is 1.50 bits per heavy atom. The van der Waals surface area contributed by atoms with Crippen molar-refractivity contribution in [3.05, 3.63) is 23.0 Å². The molecule has 4 heteroatoms. The fourth-order valence-corrected chi connectivity index (χ4v) is 2.18. The highest BCUT2D eigenvalue weighted by molar-refractivity contribution is 5.96. The molecule has 0 bridgehead atoms. The van der Waals surface area contributed by atoms with Gasteiger partial charge in [0.2, 0.25) is 0 Å². The zero-order valence-corrected chi connectivity index (χ0v) is 9.40. The number of fused-ring (bicyclic) bond motifs is 1. The Bertz CT molecular complexity index is 581. The smallest absolute Gasteiger partial charge is 0.158 e. The molecule has 0 spiro atoms. The first-order chi connectivity index (χ1) is 7.70. The minimum Gasteiger partial charge on any atom is -0.298 e. The molecule has 4 nitrogen and oxygen atoms in total. The maximum atomic E-state index is 11.1. The number of aldehydes is 1. The van der Waals surface area contributed by atoms with Gasteiger partial charge >= 0.3 is 0 Å². The summed E-state index contributed by atoms with van der Waals surface area (Å²) in [5, 5.41) is 5.21. The number of carbonyl (C=O) groups excluding carboxylic acids is 1. The van der Waals surface area contributed by atoms with Crippen molar-refractivity contribution in [2.45, 2.75) is 25.7 Å². The topological polar surface area (TPSA) is 47.8 Å². The van der Waals surface area contributed by atoms with E-state index in [4.69, 9.17) is 0 Å². The van der Waals surface area contributed by atoms with Crippen LogP contribution in [0.25, 0.3) is 11.0 Å². The normalized spacial score (nSPS) is 15.6. The van der Waals surface area contributed by atoms with Crippen LogP contribution in [0.5, 0.6) is 0 Å². The SMILES string of the molecule is Cc1nn(C)c2nc(C3CC3)cc(C=O)c12. The van der Waals surface area contributed by atoms with Crippen molar-refractivity contribution in [2.24, 2.45) is 7.05 Å². The van der Waals surface area contributed by atoms with Crippen LogP contribution >= 0.6 is 0 Å². The third kappa shape index (κ3) is 1.26. The van der Waals surface area contributed by atoms with Crippen LogP contribution < -0.4 is 0 Å². The molecule has 2 aromatic rings. The van der Waals surface area contributed by atoms with Gasteiger partial charge in [0, 0.05) is 24.2 Å². The van der Waals surface area contributed by atoms with Gasteiger partial charge in [0.15, 0.2) is 11.9 Å². The van der Waals surface area contributed by atoms with E-state index < -0.39 is 0 Å². The van der Waals surface area contributed by atoms with Gasteiger partial charge in [0.25, 0.3) is 0 Å². The van der Waals surface area contributed by atoms with Crippen molar-refractivity contribution in [3.8, 4) is 0 Å². The summed E-state index contributed by atoms with van der Waals surface area (Å²) in [4.78, 5) is 15.7. The fraction of sp³-hybridized carbons (Fsp3) is 0.417. The maximum absolute atomic E-state index is 11.1. The fourth-order valence-electron chi connectivity index (χ4n) is 2.18. The number of rotatable bonds is 2. The molecule has 0 radical (unpaired) electrons. The zero-order valence-electron chi connectivity index (χ0n) is 9.40. The van der Waals surface area contributed by atoms with Gasteiger partial charge in [-0.25, -0.2) is 4.98 Å². The lowest BCUT2D eigenvalue weighted by atomic mass is 10.1. The molecule has 0 amide bonds. The van der Waals surface area contributed by atoms with Crippen LogP contribution in [-0.2, 0) is 7.05 Å². The summed E-state index contributed by atoms with van der Waals surface area (Å²) in [6.45, 7) is 1.91. The summed E-state index contributed by atoms with van der Waals surface area (Å²) in [7, 11) is 1.87. The van der Waals surface area contributed by atoms with Crippen molar-refractivity contribution in [1.82, 2.24) is 14.8 Å². The van der Waals surface area contributed by atoms with Gasteiger partial charge in [0.05, 0.1) is 11.1 Å². The lowest BCUT2D eigenvalue weighted by Crippen LogP contribution is -1.96. The quantitative estimate of drug-likeness (QED) is 0.719. The molecule has 1 aliphatic carbocycles. The van der Waals surface area contributed by atoms with E-state index in [1.54, 1.807) is 4.68 Å². The van der Waals surface area contributed by atoms with Crippen LogP contribution in [0.15, 0.2) is 6.07 Å². The third-order valence-corrected chi connectivity index (χ3v) is 3.14. The number of hydrogen-bond donors (Lipinski definition) is 0. The molecule has 1 saturated carbocycles. The highest BCUT2D eigenvalue weighted by atomic mass is 16.1. The van der Waals surface area contributed by atoms with Crippen LogP contribution in [-0.4, -0.2) is 21.1 Å². The molecule has 2 aromatic heterocycles. The average molecular weight is 215 g/mol. The largest absolute Gasteiger partial charge is 0.298 e. The van der Waals surface area contributed by atoms with E-state index in [2.05, 4.69) is 10.1 Å². The van der Waals surface area contributed by atoms with Crippen LogP contribution in [0.2, 0.25) is 0 Å². The van der Waals surface area contributed by atoms with E-state index in [0.29, 0.717) is 5.92 Å². The van der Waals surface area contributed by atoms with E-state index in [9.17, 15) is 4.79 Å². The highest BCUT2D eigenvalue weighted by Gasteiger charge is 2.26. The van der Waals surface area contributed by atoms with Crippen LogP contribution in [0, 0.1) is 6.92 Å². The highest BCUT2D eigenvalue weighted by Crippen LogP contribution is 2.40. The summed E-state index contributed by atoms with van der Waals surface area (Å²) < 4.78 is 1.75. The Hall–Kier alpha value is -1.71. The van der Waals surface area contributed by atoms with Crippen molar-refractivity contribution < 1.29 is 4.79 Å². The second-order valence-corrected chi connectivity index (χ2v) is 4.44. The van der Waals surface area contributed by atoms with Gasteiger partial charge < -0.3 is 0 Å². The molecular formula is C12H13N3O. The van der Waals surface area contributed by atoms with Gasteiger partial charge in [-0.2, -0.15) is 5.10 Å². The molecule has 82 valence electrons. The molecule has 2 heterocycles. The molecule has 0 saturated heterocycles. The summed E-state index contributed by atoms with van der Waals surface area (Å²) in [5.74, 6) is 0.554. The van der Waals surface area contributed by atoms with Crippen molar-refractivity contribution >= 4 is 17.3 Å². The maximum Gasteiger partial charge on any atom is 0.158 e. The Morgan fingerprint density at radius 2 is 2.25 bits per heavy atom. The molecule has 1 fully saturated rings. The van der Waals surface area contributed by atoms with E-state index in [1.165, 1.54) is 12.8 Å². The molecule has 0 aromatic carbocycles. The molecule has 0 aliphatic heterocycles. The van der Waals surface area contributed by atoms with Crippen LogP contribution in [0.3, 0.4) is 0 Å². The van der Waals surface area contributed by atoms with E-state index in [1.807, 2.05) is 20.0 Å². The van der Waals surface area contributed by atoms with Crippen molar-refractivity contribution in [3.63, 3.8) is 0 Å². The van der Waals surface area contributed by atoms with Gasteiger partial charge in [-0.15, -0.1) is 0 Å². The standard InChI is InChI=1S/C12H13N3O/c1-7-11-9(6-16)5-10(8-3-4-8)13-12(11)15(2)14-7/h5-6,8H,3-4H2,1-2H3. The molecular weight excluding hydrogens is 202 g/mol. The molecule has 0 unspecified atom stereocenters. The first-order valence-corrected chi connectivity index (χ1v) is 5.50. The summed E-state index contributed by atoms with van der Waals surface area (Å²) in [6.07, 6.45) is 3.28. The Kier molecular flexibility index (Phi) is 1.87. The van der Waals surface area contributed by atoms with Crippen molar-refractivity contribution in [1.29, 1.82) is 0 Å². The summed E-state index contributed by atoms with van der Waals surface area (Å²) >= 11 is 0. The lowest BCUT2D eigenvalue weighted by Gasteiger charge is -2.02. The number of pyridine rings is 1. The first kappa shape index (κ1) is 9.51. The average Bonchev–Trinajstić information content (AvgIpc) is 3.07. The first-order valence-electron chi connectivity index (χ1n) is 5.50. The van der Waals surface area contributed by atoms with Gasteiger partial charge in [0.1, 0.15) is 0 Å². The molecule has 0 atom stereocenters. The van der Waals surface area contributed by atoms with E-state index >= 15 is 0 Å². The zero-order chi connectivity index (χ0) is 11.3. The Morgan fingerprint density at radius 3 is 2.88 bits per heavy atom. The molecule has 0 N–H and O–H groups in total. The van der Waals surface area contributed by atoms with E-state index in [-0.39, 0.29) is 0 Å². The van der Waals surface area contributed by atoms with E-state index in [0.717, 1.165) is 34.3 Å². The van der Waals surface area contributed by atoms with Gasteiger partial charge in [-0.1, -0.05) is 0 Å². The van der Waals surface area contributed by atoms with Crippen LogP contribution in [0.1, 0.15) is 40.5 Å². The minimum atomic E-state index is 0.554. The minimum absolute atomic E-state index is 0.554. The summed E-state index contributed by atoms with van der Waals surface area (Å²) in [5.41, 5.74) is 3.45. The molecule has 16 heavy (non-hydrogen) atoms. The lowest BCUT2D eigenvalue weighted by molar-refractivity contribution is 0.112. The number of nitrogens with zero attached hydrogens (tertiary/aromatic N) is 3. The number of aryl methyl sites for hydroxylation is 2. The monoisotopic (exact) mass is 215 g/mol. The number of carbonyl (C=O) groups is 1. The van der Waals surface area contributed by atoms with Gasteiger partial charge in [-0.05, 0) is 25.8 Å². The second-order valence-electron chi connectivity index (χ2n) is 4.44. The van der Waals surface area contributed by atoms with Crippen molar-refractivity contribution in [2.75, 3.05) is 0 Å². The third-order valence-electron chi connectivity index (χ3n) is 3.14. The number of hydrogen-bond acceptors (Lipinski definition) is 3. The second kappa shape index (κ2) is 3.14. The number of aromatic nitrogens is 3. The Labute approximate surface area is 93.3 Å².